The van der Waals surface area contributed by atoms with Gasteiger partial charge in [0.25, 0.3) is 0 Å². The molecule has 0 radical (unpaired) electrons. The fourth-order valence-corrected chi connectivity index (χ4v) is 3.24. The van der Waals surface area contributed by atoms with Gasteiger partial charge in [-0.05, 0) is 52.0 Å². The van der Waals surface area contributed by atoms with Crippen molar-refractivity contribution in [3.05, 3.63) is 21.3 Å². The van der Waals surface area contributed by atoms with Crippen LogP contribution >= 0.6 is 22.9 Å². The molecule has 1 aromatic heterocycles. The molecule has 1 unspecified atom stereocenters. The summed E-state index contributed by atoms with van der Waals surface area (Å²) in [6, 6.07) is 5.19. The van der Waals surface area contributed by atoms with Crippen molar-refractivity contribution in [2.45, 2.75) is 31.8 Å². The lowest BCUT2D eigenvalue weighted by Gasteiger charge is -2.31. The number of piperidine rings is 1. The van der Waals surface area contributed by atoms with E-state index in [0.717, 1.165) is 4.34 Å². The van der Waals surface area contributed by atoms with Gasteiger partial charge in [0.15, 0.2) is 0 Å². The van der Waals surface area contributed by atoms with Crippen LogP contribution < -0.4 is 5.32 Å². The minimum Gasteiger partial charge on any atom is -0.307 e. The number of rotatable bonds is 3. The Morgan fingerprint density at radius 1 is 1.44 bits per heavy atom. The van der Waals surface area contributed by atoms with Crippen molar-refractivity contribution in [1.29, 1.82) is 0 Å². The van der Waals surface area contributed by atoms with Crippen LogP contribution in [0.5, 0.6) is 0 Å². The molecule has 0 amide bonds. The molecule has 1 aliphatic heterocycles. The SMILES string of the molecule is CC(NC1CCN(C)CC1)c1ccc(Cl)s1. The summed E-state index contributed by atoms with van der Waals surface area (Å²) >= 11 is 7.63. The molecule has 1 saturated heterocycles. The van der Waals surface area contributed by atoms with Gasteiger partial charge in [0.1, 0.15) is 0 Å². The maximum atomic E-state index is 5.95. The molecule has 90 valence electrons. The molecular weight excluding hydrogens is 240 g/mol. The Labute approximate surface area is 107 Å². The van der Waals surface area contributed by atoms with Crippen LogP contribution in [0.15, 0.2) is 12.1 Å². The van der Waals surface area contributed by atoms with E-state index in [-0.39, 0.29) is 0 Å². The molecule has 0 aromatic carbocycles. The van der Waals surface area contributed by atoms with Gasteiger partial charge >= 0.3 is 0 Å². The Kier molecular flexibility index (Phi) is 4.25. The van der Waals surface area contributed by atoms with Crippen LogP contribution in [0.1, 0.15) is 30.7 Å². The van der Waals surface area contributed by atoms with E-state index in [2.05, 4.69) is 30.3 Å². The first-order chi connectivity index (χ1) is 7.65. The van der Waals surface area contributed by atoms with Crippen molar-refractivity contribution in [1.82, 2.24) is 10.2 Å². The Balaban J connectivity index is 1.85. The molecular formula is C12H19ClN2S. The van der Waals surface area contributed by atoms with Gasteiger partial charge in [-0.15, -0.1) is 11.3 Å². The maximum Gasteiger partial charge on any atom is 0.0931 e. The van der Waals surface area contributed by atoms with Crippen molar-refractivity contribution in [3.63, 3.8) is 0 Å². The van der Waals surface area contributed by atoms with Crippen molar-refractivity contribution in [2.24, 2.45) is 0 Å². The normalized spacial score (nSPS) is 21.2. The summed E-state index contributed by atoms with van der Waals surface area (Å²) in [5.41, 5.74) is 0. The summed E-state index contributed by atoms with van der Waals surface area (Å²) < 4.78 is 0.882. The van der Waals surface area contributed by atoms with E-state index in [4.69, 9.17) is 11.6 Å². The van der Waals surface area contributed by atoms with Crippen LogP contribution in [0.25, 0.3) is 0 Å². The zero-order valence-electron chi connectivity index (χ0n) is 9.87. The van der Waals surface area contributed by atoms with Crippen molar-refractivity contribution in [3.8, 4) is 0 Å². The second-order valence-electron chi connectivity index (χ2n) is 4.61. The average molecular weight is 259 g/mol. The maximum absolute atomic E-state index is 5.95. The number of halogens is 1. The number of hydrogen-bond acceptors (Lipinski definition) is 3. The van der Waals surface area contributed by atoms with Crippen LogP contribution in [-0.4, -0.2) is 31.1 Å². The molecule has 1 N–H and O–H groups in total. The van der Waals surface area contributed by atoms with Gasteiger partial charge in [0.05, 0.1) is 4.34 Å². The Morgan fingerprint density at radius 2 is 2.12 bits per heavy atom. The Bertz CT molecular complexity index is 332. The molecule has 4 heteroatoms. The average Bonchev–Trinajstić information content (AvgIpc) is 2.68. The Hall–Kier alpha value is -0.0900. The number of nitrogens with zero attached hydrogens (tertiary/aromatic N) is 1. The van der Waals surface area contributed by atoms with Gasteiger partial charge in [0.2, 0.25) is 0 Å². The van der Waals surface area contributed by atoms with E-state index in [1.165, 1.54) is 30.8 Å². The second kappa shape index (κ2) is 5.50. The van der Waals surface area contributed by atoms with Crippen LogP contribution in [-0.2, 0) is 0 Å². The van der Waals surface area contributed by atoms with Gasteiger partial charge in [0, 0.05) is 17.0 Å². The van der Waals surface area contributed by atoms with E-state index >= 15 is 0 Å². The topological polar surface area (TPSA) is 15.3 Å². The van der Waals surface area contributed by atoms with Gasteiger partial charge < -0.3 is 10.2 Å². The highest BCUT2D eigenvalue weighted by Crippen LogP contribution is 2.27. The monoisotopic (exact) mass is 258 g/mol. The van der Waals surface area contributed by atoms with Gasteiger partial charge in [-0.3, -0.25) is 0 Å². The van der Waals surface area contributed by atoms with Crippen LogP contribution in [0.3, 0.4) is 0 Å². The molecule has 1 aliphatic rings. The van der Waals surface area contributed by atoms with Crippen LogP contribution in [0.4, 0.5) is 0 Å². The smallest absolute Gasteiger partial charge is 0.0931 e. The van der Waals surface area contributed by atoms with E-state index in [0.29, 0.717) is 12.1 Å². The molecule has 0 bridgehead atoms. The molecule has 2 nitrogen and oxygen atoms in total. The molecule has 1 fully saturated rings. The predicted molar refractivity (Wildman–Crippen MR) is 71.4 cm³/mol. The van der Waals surface area contributed by atoms with E-state index in [1.807, 2.05) is 6.07 Å². The summed E-state index contributed by atoms with van der Waals surface area (Å²) in [6.07, 6.45) is 2.50. The number of likely N-dealkylation sites (tertiary alicyclic amines) is 1. The lowest BCUT2D eigenvalue weighted by molar-refractivity contribution is 0.227. The highest BCUT2D eigenvalue weighted by atomic mass is 35.5. The minimum absolute atomic E-state index is 0.422. The number of thiophene rings is 1. The zero-order valence-corrected chi connectivity index (χ0v) is 11.4. The fourth-order valence-electron chi connectivity index (χ4n) is 2.17. The summed E-state index contributed by atoms with van der Waals surface area (Å²) in [6.45, 7) is 4.63. The van der Waals surface area contributed by atoms with E-state index in [1.54, 1.807) is 11.3 Å². The molecule has 2 rings (SSSR count). The quantitative estimate of drug-likeness (QED) is 0.896. The third-order valence-electron chi connectivity index (χ3n) is 3.23. The largest absolute Gasteiger partial charge is 0.307 e. The fraction of sp³-hybridized carbons (Fsp3) is 0.667. The van der Waals surface area contributed by atoms with Crippen molar-refractivity contribution < 1.29 is 0 Å². The van der Waals surface area contributed by atoms with Gasteiger partial charge in [-0.2, -0.15) is 0 Å². The molecule has 2 heterocycles. The third-order valence-corrected chi connectivity index (χ3v) is 4.64. The minimum atomic E-state index is 0.422. The lowest BCUT2D eigenvalue weighted by Crippen LogP contribution is -2.41. The summed E-state index contributed by atoms with van der Waals surface area (Å²) in [7, 11) is 2.19. The van der Waals surface area contributed by atoms with Crippen LogP contribution in [0, 0.1) is 0 Å². The molecule has 0 saturated carbocycles. The molecule has 1 atom stereocenters. The number of hydrogen-bond donors (Lipinski definition) is 1. The predicted octanol–water partition coefficient (Wildman–Crippen LogP) is 3.15. The standard InChI is InChI=1S/C12H19ClN2S/c1-9(11-3-4-12(13)16-11)14-10-5-7-15(2)8-6-10/h3-4,9-10,14H,5-8H2,1-2H3. The molecule has 0 spiro atoms. The first-order valence-electron chi connectivity index (χ1n) is 5.85. The summed E-state index contributed by atoms with van der Waals surface area (Å²) in [5, 5.41) is 3.69. The van der Waals surface area contributed by atoms with Crippen molar-refractivity contribution >= 4 is 22.9 Å². The first-order valence-corrected chi connectivity index (χ1v) is 7.04. The molecule has 16 heavy (non-hydrogen) atoms. The highest BCUT2D eigenvalue weighted by Gasteiger charge is 2.19. The first kappa shape index (κ1) is 12.4. The second-order valence-corrected chi connectivity index (χ2v) is 6.35. The molecule has 0 aliphatic carbocycles. The van der Waals surface area contributed by atoms with Gasteiger partial charge in [-0.25, -0.2) is 0 Å². The van der Waals surface area contributed by atoms with E-state index < -0.39 is 0 Å². The Morgan fingerprint density at radius 3 is 2.69 bits per heavy atom. The van der Waals surface area contributed by atoms with Crippen LogP contribution in [0.2, 0.25) is 4.34 Å². The summed E-state index contributed by atoms with van der Waals surface area (Å²) in [4.78, 5) is 3.73. The zero-order chi connectivity index (χ0) is 11.5. The lowest BCUT2D eigenvalue weighted by atomic mass is 10.0. The van der Waals surface area contributed by atoms with Crippen molar-refractivity contribution in [2.75, 3.05) is 20.1 Å². The van der Waals surface area contributed by atoms with Gasteiger partial charge in [-0.1, -0.05) is 11.6 Å². The number of nitrogens with one attached hydrogen (secondary N) is 1. The highest BCUT2D eigenvalue weighted by molar-refractivity contribution is 7.16. The van der Waals surface area contributed by atoms with E-state index in [9.17, 15) is 0 Å². The third kappa shape index (κ3) is 3.20. The summed E-state index contributed by atoms with van der Waals surface area (Å²) in [5.74, 6) is 0. The molecule has 1 aromatic rings.